The van der Waals surface area contributed by atoms with E-state index in [1.165, 1.54) is 6.21 Å². The van der Waals surface area contributed by atoms with Crippen LogP contribution in [-0.2, 0) is 7.05 Å². The van der Waals surface area contributed by atoms with Crippen molar-refractivity contribution in [2.45, 2.75) is 0 Å². The zero-order chi connectivity index (χ0) is 13.0. The number of benzene rings is 1. The summed E-state index contributed by atoms with van der Waals surface area (Å²) in [4.78, 5) is 11.6. The first-order valence-electron chi connectivity index (χ1n) is 5.24. The molecule has 0 atom stereocenters. The molecule has 0 radical (unpaired) electrons. The molecule has 2 rings (SSSR count). The first kappa shape index (κ1) is 12.3. The first-order valence-corrected chi connectivity index (χ1v) is 5.62. The van der Waals surface area contributed by atoms with Crippen molar-refractivity contribution in [3.63, 3.8) is 0 Å². The van der Waals surface area contributed by atoms with Crippen molar-refractivity contribution in [1.82, 2.24) is 15.2 Å². The molecule has 0 saturated carbocycles. The molecule has 0 spiro atoms. The van der Waals surface area contributed by atoms with E-state index in [0.29, 0.717) is 10.7 Å². The standard InChI is InChI=1S/C12H11ClN4O/c1-17-7-6-11(16-17)12(18)15-14-8-9-4-2-3-5-10(9)13/h2-8H,1H3,(H,15,18). The van der Waals surface area contributed by atoms with Gasteiger partial charge in [0.15, 0.2) is 5.69 Å². The molecule has 92 valence electrons. The molecule has 1 heterocycles. The summed E-state index contributed by atoms with van der Waals surface area (Å²) in [5.74, 6) is -0.362. The number of aryl methyl sites for hydroxylation is 1. The zero-order valence-corrected chi connectivity index (χ0v) is 10.4. The number of carbonyl (C=O) groups is 1. The lowest BCUT2D eigenvalue weighted by Crippen LogP contribution is -2.18. The Kier molecular flexibility index (Phi) is 3.74. The molecule has 5 nitrogen and oxygen atoms in total. The van der Waals surface area contributed by atoms with E-state index in [1.54, 1.807) is 36.1 Å². The van der Waals surface area contributed by atoms with Crippen LogP contribution < -0.4 is 5.43 Å². The van der Waals surface area contributed by atoms with Crippen LogP contribution in [0.4, 0.5) is 0 Å². The summed E-state index contributed by atoms with van der Waals surface area (Å²) >= 11 is 5.94. The minimum Gasteiger partial charge on any atom is -0.275 e. The number of aromatic nitrogens is 2. The van der Waals surface area contributed by atoms with Crippen molar-refractivity contribution in [2.24, 2.45) is 12.1 Å². The number of hydrogen-bond donors (Lipinski definition) is 1. The van der Waals surface area contributed by atoms with Gasteiger partial charge in [0, 0.05) is 23.8 Å². The van der Waals surface area contributed by atoms with Gasteiger partial charge in [-0.3, -0.25) is 9.48 Å². The molecule has 0 aliphatic carbocycles. The van der Waals surface area contributed by atoms with Gasteiger partial charge in [0.1, 0.15) is 0 Å². The van der Waals surface area contributed by atoms with Crippen molar-refractivity contribution in [3.05, 3.63) is 52.8 Å². The van der Waals surface area contributed by atoms with Crippen LogP contribution in [0.15, 0.2) is 41.6 Å². The fourth-order valence-corrected chi connectivity index (χ4v) is 1.52. The van der Waals surface area contributed by atoms with Crippen molar-refractivity contribution in [1.29, 1.82) is 0 Å². The van der Waals surface area contributed by atoms with Crippen LogP contribution in [-0.4, -0.2) is 21.9 Å². The molecule has 18 heavy (non-hydrogen) atoms. The Morgan fingerprint density at radius 2 is 2.22 bits per heavy atom. The summed E-state index contributed by atoms with van der Waals surface area (Å²) in [5, 5.41) is 8.37. The molecule has 0 aliphatic heterocycles. The molecule has 1 aromatic carbocycles. The lowest BCUT2D eigenvalue weighted by atomic mass is 10.2. The van der Waals surface area contributed by atoms with Gasteiger partial charge in [-0.05, 0) is 12.1 Å². The fraction of sp³-hybridized carbons (Fsp3) is 0.0833. The van der Waals surface area contributed by atoms with Crippen molar-refractivity contribution in [2.75, 3.05) is 0 Å². The Morgan fingerprint density at radius 3 is 2.89 bits per heavy atom. The summed E-state index contributed by atoms with van der Waals surface area (Å²) in [7, 11) is 1.74. The molecule has 1 aromatic heterocycles. The smallest absolute Gasteiger partial charge is 0.275 e. The highest BCUT2D eigenvalue weighted by Gasteiger charge is 2.06. The Balaban J connectivity index is 2.00. The molecule has 0 aliphatic rings. The topological polar surface area (TPSA) is 59.3 Å². The highest BCUT2D eigenvalue weighted by Crippen LogP contribution is 2.11. The largest absolute Gasteiger partial charge is 0.291 e. The second-order valence-electron chi connectivity index (χ2n) is 3.60. The van der Waals surface area contributed by atoms with Crippen LogP contribution >= 0.6 is 11.6 Å². The van der Waals surface area contributed by atoms with Crippen LogP contribution in [0.5, 0.6) is 0 Å². The van der Waals surface area contributed by atoms with E-state index in [-0.39, 0.29) is 5.91 Å². The molecule has 1 amide bonds. The van der Waals surface area contributed by atoms with Crippen molar-refractivity contribution < 1.29 is 4.79 Å². The van der Waals surface area contributed by atoms with Gasteiger partial charge in [-0.25, -0.2) is 5.43 Å². The molecule has 0 fully saturated rings. The highest BCUT2D eigenvalue weighted by molar-refractivity contribution is 6.33. The summed E-state index contributed by atoms with van der Waals surface area (Å²) in [6.07, 6.45) is 3.18. The zero-order valence-electron chi connectivity index (χ0n) is 9.67. The van der Waals surface area contributed by atoms with Crippen LogP contribution in [0.1, 0.15) is 16.1 Å². The minimum absolute atomic E-state index is 0.314. The van der Waals surface area contributed by atoms with E-state index in [2.05, 4.69) is 15.6 Å². The molecular formula is C12H11ClN4O. The van der Waals surface area contributed by atoms with Crippen LogP contribution in [0, 0.1) is 0 Å². The number of rotatable bonds is 3. The number of carbonyl (C=O) groups excluding carboxylic acids is 1. The normalized spacial score (nSPS) is 10.8. The van der Waals surface area contributed by atoms with Gasteiger partial charge in [0.2, 0.25) is 0 Å². The average molecular weight is 263 g/mol. The third kappa shape index (κ3) is 2.95. The van der Waals surface area contributed by atoms with E-state index < -0.39 is 0 Å². The average Bonchev–Trinajstić information content (AvgIpc) is 2.78. The Bertz CT molecular complexity index is 591. The summed E-state index contributed by atoms with van der Waals surface area (Å²) < 4.78 is 1.55. The molecule has 2 aromatic rings. The number of nitrogens with one attached hydrogen (secondary N) is 1. The van der Waals surface area contributed by atoms with Crippen LogP contribution in [0.2, 0.25) is 5.02 Å². The maximum Gasteiger partial charge on any atom is 0.291 e. The molecule has 0 bridgehead atoms. The summed E-state index contributed by atoms with van der Waals surface area (Å²) in [5.41, 5.74) is 3.43. The van der Waals surface area contributed by atoms with E-state index in [4.69, 9.17) is 11.6 Å². The van der Waals surface area contributed by atoms with E-state index in [9.17, 15) is 4.79 Å². The second kappa shape index (κ2) is 5.46. The SMILES string of the molecule is Cn1ccc(C(=O)NN=Cc2ccccc2Cl)n1. The lowest BCUT2D eigenvalue weighted by molar-refractivity contribution is 0.0949. The van der Waals surface area contributed by atoms with E-state index in [1.807, 2.05) is 12.1 Å². The number of nitrogens with zero attached hydrogens (tertiary/aromatic N) is 3. The molecular weight excluding hydrogens is 252 g/mol. The number of amides is 1. The molecule has 6 heteroatoms. The molecule has 0 saturated heterocycles. The van der Waals surface area contributed by atoms with Gasteiger partial charge in [-0.15, -0.1) is 0 Å². The van der Waals surface area contributed by atoms with Crippen molar-refractivity contribution >= 4 is 23.7 Å². The molecule has 1 N–H and O–H groups in total. The van der Waals surface area contributed by atoms with Gasteiger partial charge in [0.05, 0.1) is 6.21 Å². The third-order valence-electron chi connectivity index (χ3n) is 2.22. The quantitative estimate of drug-likeness (QED) is 0.678. The second-order valence-corrected chi connectivity index (χ2v) is 4.00. The van der Waals surface area contributed by atoms with Gasteiger partial charge in [-0.2, -0.15) is 10.2 Å². The van der Waals surface area contributed by atoms with Gasteiger partial charge in [-0.1, -0.05) is 29.8 Å². The fourth-order valence-electron chi connectivity index (χ4n) is 1.33. The van der Waals surface area contributed by atoms with Crippen LogP contribution in [0.3, 0.4) is 0 Å². The predicted molar refractivity (Wildman–Crippen MR) is 69.7 cm³/mol. The van der Waals surface area contributed by atoms with Crippen molar-refractivity contribution in [3.8, 4) is 0 Å². The van der Waals surface area contributed by atoms with E-state index >= 15 is 0 Å². The Labute approximate surface area is 109 Å². The highest BCUT2D eigenvalue weighted by atomic mass is 35.5. The first-order chi connectivity index (χ1) is 8.66. The van der Waals surface area contributed by atoms with E-state index in [0.717, 1.165) is 5.56 Å². The van der Waals surface area contributed by atoms with Gasteiger partial charge in [0.25, 0.3) is 5.91 Å². The summed E-state index contributed by atoms with van der Waals surface area (Å²) in [6.45, 7) is 0. The number of halogens is 1. The third-order valence-corrected chi connectivity index (χ3v) is 2.57. The lowest BCUT2D eigenvalue weighted by Gasteiger charge is -1.97. The van der Waals surface area contributed by atoms with Crippen LogP contribution in [0.25, 0.3) is 0 Å². The Morgan fingerprint density at radius 1 is 1.44 bits per heavy atom. The van der Waals surface area contributed by atoms with Gasteiger partial charge >= 0.3 is 0 Å². The number of hydrazone groups is 1. The monoisotopic (exact) mass is 262 g/mol. The minimum atomic E-state index is -0.362. The summed E-state index contributed by atoms with van der Waals surface area (Å²) in [6, 6.07) is 8.84. The Hall–Kier alpha value is -2.14. The maximum absolute atomic E-state index is 11.6. The molecule has 0 unspecified atom stereocenters. The van der Waals surface area contributed by atoms with Gasteiger partial charge < -0.3 is 0 Å². The maximum atomic E-state index is 11.6. The predicted octanol–water partition coefficient (Wildman–Crippen LogP) is 1.84. The number of hydrogen-bond acceptors (Lipinski definition) is 3.